The number of benzene rings is 2. The molecule has 96 valence electrons. The predicted molar refractivity (Wildman–Crippen MR) is 74.8 cm³/mol. The van der Waals surface area contributed by atoms with E-state index in [1.165, 1.54) is 12.1 Å². The average molecular weight is 275 g/mol. The minimum Gasteiger partial charge on any atom is -0.384 e. The number of halogens is 2. The molecule has 2 aromatic rings. The maximum Gasteiger partial charge on any atom is 0.123 e. The maximum absolute atomic E-state index is 12.7. The summed E-state index contributed by atoms with van der Waals surface area (Å²) >= 11 is 6.05. The molecule has 2 aromatic carbocycles. The minimum absolute atomic E-state index is 0.230. The second kappa shape index (κ2) is 6.21. The molecule has 0 amide bonds. The van der Waals surface area contributed by atoms with E-state index in [2.05, 4.69) is 5.32 Å². The zero-order valence-electron chi connectivity index (χ0n) is 10.2. The van der Waals surface area contributed by atoms with Crippen LogP contribution in [0, 0.1) is 17.1 Å². The molecule has 0 aromatic heterocycles. The fraction of sp³-hybridized carbons (Fsp3) is 0.133. The van der Waals surface area contributed by atoms with Gasteiger partial charge in [-0.3, -0.25) is 0 Å². The number of nitriles is 1. The monoisotopic (exact) mass is 274 g/mol. The smallest absolute Gasteiger partial charge is 0.123 e. The molecule has 0 unspecified atom stereocenters. The van der Waals surface area contributed by atoms with Gasteiger partial charge in [0.15, 0.2) is 0 Å². The molecule has 0 aliphatic heterocycles. The molecular formula is C15H12ClFN2. The molecule has 2 nitrogen and oxygen atoms in total. The molecule has 0 fully saturated rings. The summed E-state index contributed by atoms with van der Waals surface area (Å²) in [5.41, 5.74) is 2.38. The van der Waals surface area contributed by atoms with Crippen LogP contribution in [0.4, 0.5) is 10.1 Å². The molecular weight excluding hydrogens is 263 g/mol. The normalized spacial score (nSPS) is 9.95. The molecule has 0 aliphatic carbocycles. The van der Waals surface area contributed by atoms with Gasteiger partial charge in [-0.1, -0.05) is 23.7 Å². The van der Waals surface area contributed by atoms with Crippen molar-refractivity contribution in [2.45, 2.75) is 6.42 Å². The first kappa shape index (κ1) is 13.4. The van der Waals surface area contributed by atoms with E-state index < -0.39 is 0 Å². The van der Waals surface area contributed by atoms with Gasteiger partial charge in [-0.2, -0.15) is 5.26 Å². The van der Waals surface area contributed by atoms with Gasteiger partial charge in [-0.05, 0) is 42.3 Å². The third-order valence-corrected chi connectivity index (χ3v) is 3.05. The molecule has 4 heteroatoms. The number of rotatable bonds is 4. The summed E-state index contributed by atoms with van der Waals surface area (Å²) in [7, 11) is 0. The van der Waals surface area contributed by atoms with Gasteiger partial charge >= 0.3 is 0 Å². The Labute approximate surface area is 116 Å². The number of hydrogen-bond donors (Lipinski definition) is 1. The van der Waals surface area contributed by atoms with E-state index in [1.807, 2.05) is 6.07 Å². The molecule has 0 saturated heterocycles. The first-order valence-electron chi connectivity index (χ1n) is 5.87. The lowest BCUT2D eigenvalue weighted by atomic mass is 10.1. The summed E-state index contributed by atoms with van der Waals surface area (Å²) in [4.78, 5) is 0. The number of nitrogens with zero attached hydrogens (tertiary/aromatic N) is 1. The van der Waals surface area contributed by atoms with Crippen LogP contribution in [0.3, 0.4) is 0 Å². The van der Waals surface area contributed by atoms with Gasteiger partial charge in [0, 0.05) is 6.54 Å². The number of anilines is 1. The van der Waals surface area contributed by atoms with E-state index in [1.54, 1.807) is 30.3 Å². The van der Waals surface area contributed by atoms with E-state index in [-0.39, 0.29) is 5.82 Å². The van der Waals surface area contributed by atoms with E-state index in [9.17, 15) is 4.39 Å². The van der Waals surface area contributed by atoms with Crippen LogP contribution < -0.4 is 5.32 Å². The van der Waals surface area contributed by atoms with Crippen molar-refractivity contribution in [1.29, 1.82) is 5.26 Å². The molecule has 0 atom stereocenters. The Bertz CT molecular complexity index is 603. The fourth-order valence-electron chi connectivity index (χ4n) is 1.72. The first-order valence-corrected chi connectivity index (χ1v) is 6.25. The van der Waals surface area contributed by atoms with Crippen molar-refractivity contribution in [3.8, 4) is 6.07 Å². The zero-order chi connectivity index (χ0) is 13.7. The Morgan fingerprint density at radius 2 is 1.89 bits per heavy atom. The van der Waals surface area contributed by atoms with E-state index in [0.717, 1.165) is 17.7 Å². The van der Waals surface area contributed by atoms with Gasteiger partial charge in [0.05, 0.1) is 22.3 Å². The lowest BCUT2D eigenvalue weighted by Gasteiger charge is -2.08. The quantitative estimate of drug-likeness (QED) is 0.914. The second-order valence-electron chi connectivity index (χ2n) is 4.11. The Morgan fingerprint density at radius 3 is 2.53 bits per heavy atom. The third kappa shape index (κ3) is 3.70. The zero-order valence-corrected chi connectivity index (χ0v) is 10.9. The van der Waals surface area contributed by atoms with Crippen molar-refractivity contribution >= 4 is 17.3 Å². The highest BCUT2D eigenvalue weighted by Gasteiger charge is 2.01. The van der Waals surface area contributed by atoms with Gasteiger partial charge in [-0.25, -0.2) is 4.39 Å². The standard InChI is InChI=1S/C15H12ClFN2/c16-14-9-12(10-18)3-6-15(14)19-8-7-11-1-4-13(17)5-2-11/h1-6,9,19H,7-8H2. The van der Waals surface area contributed by atoms with Crippen LogP contribution in [0.15, 0.2) is 42.5 Å². The van der Waals surface area contributed by atoms with Crippen molar-refractivity contribution in [3.63, 3.8) is 0 Å². The van der Waals surface area contributed by atoms with Crippen LogP contribution in [0.5, 0.6) is 0 Å². The molecule has 0 spiro atoms. The number of hydrogen-bond acceptors (Lipinski definition) is 2. The minimum atomic E-state index is -0.230. The maximum atomic E-state index is 12.7. The number of nitrogens with one attached hydrogen (secondary N) is 1. The summed E-state index contributed by atoms with van der Waals surface area (Å²) in [5, 5.41) is 12.5. The topological polar surface area (TPSA) is 35.8 Å². The molecule has 1 N–H and O–H groups in total. The molecule has 19 heavy (non-hydrogen) atoms. The van der Waals surface area contributed by atoms with Crippen LogP contribution in [-0.4, -0.2) is 6.54 Å². The van der Waals surface area contributed by atoms with Crippen molar-refractivity contribution in [3.05, 3.63) is 64.4 Å². The third-order valence-electron chi connectivity index (χ3n) is 2.74. The van der Waals surface area contributed by atoms with Crippen molar-refractivity contribution in [2.24, 2.45) is 0 Å². The molecule has 0 saturated carbocycles. The summed E-state index contributed by atoms with van der Waals surface area (Å²) in [5.74, 6) is -0.230. The predicted octanol–water partition coefficient (Wildman–Crippen LogP) is 4.01. The molecule has 0 heterocycles. The van der Waals surface area contributed by atoms with Crippen LogP contribution in [0.2, 0.25) is 5.02 Å². The SMILES string of the molecule is N#Cc1ccc(NCCc2ccc(F)cc2)c(Cl)c1. The van der Waals surface area contributed by atoms with Gasteiger partial charge in [0.2, 0.25) is 0 Å². The van der Waals surface area contributed by atoms with Crippen LogP contribution >= 0.6 is 11.6 Å². The van der Waals surface area contributed by atoms with Gasteiger partial charge in [-0.15, -0.1) is 0 Å². The molecule has 0 bridgehead atoms. The molecule has 0 radical (unpaired) electrons. The highest BCUT2D eigenvalue weighted by atomic mass is 35.5. The summed E-state index contributed by atoms with van der Waals surface area (Å²) in [6.45, 7) is 0.692. The highest BCUT2D eigenvalue weighted by Crippen LogP contribution is 2.22. The van der Waals surface area contributed by atoms with Gasteiger partial charge in [0.1, 0.15) is 5.82 Å². The van der Waals surface area contributed by atoms with E-state index in [4.69, 9.17) is 16.9 Å². The summed E-state index contributed by atoms with van der Waals surface area (Å²) in [6.07, 6.45) is 0.774. The lowest BCUT2D eigenvalue weighted by Crippen LogP contribution is -2.05. The van der Waals surface area contributed by atoms with E-state index in [0.29, 0.717) is 17.1 Å². The Morgan fingerprint density at radius 1 is 1.16 bits per heavy atom. The second-order valence-corrected chi connectivity index (χ2v) is 4.52. The van der Waals surface area contributed by atoms with Crippen molar-refractivity contribution in [1.82, 2.24) is 0 Å². The summed E-state index contributed by atoms with van der Waals surface area (Å²) < 4.78 is 12.7. The van der Waals surface area contributed by atoms with Crippen molar-refractivity contribution < 1.29 is 4.39 Å². The average Bonchev–Trinajstić information content (AvgIpc) is 2.42. The van der Waals surface area contributed by atoms with Gasteiger partial charge in [0.25, 0.3) is 0 Å². The highest BCUT2D eigenvalue weighted by molar-refractivity contribution is 6.33. The Kier molecular flexibility index (Phi) is 4.38. The van der Waals surface area contributed by atoms with Crippen LogP contribution in [0.1, 0.15) is 11.1 Å². The molecule has 0 aliphatic rings. The van der Waals surface area contributed by atoms with Gasteiger partial charge < -0.3 is 5.32 Å². The van der Waals surface area contributed by atoms with E-state index >= 15 is 0 Å². The molecule has 2 rings (SSSR count). The fourth-order valence-corrected chi connectivity index (χ4v) is 1.97. The van der Waals surface area contributed by atoms with Crippen molar-refractivity contribution in [2.75, 3.05) is 11.9 Å². The summed E-state index contributed by atoms with van der Waals surface area (Å²) in [6, 6.07) is 13.6. The first-order chi connectivity index (χ1) is 9.19. The van der Waals surface area contributed by atoms with Crippen LogP contribution in [-0.2, 0) is 6.42 Å². The lowest BCUT2D eigenvalue weighted by molar-refractivity contribution is 0.627. The Hall–Kier alpha value is -2.05. The Balaban J connectivity index is 1.92. The van der Waals surface area contributed by atoms with Crippen LogP contribution in [0.25, 0.3) is 0 Å². The largest absolute Gasteiger partial charge is 0.384 e.